The van der Waals surface area contributed by atoms with Crippen LogP contribution in [0.15, 0.2) is 29.2 Å². The lowest BCUT2D eigenvalue weighted by atomic mass is 10.2. The summed E-state index contributed by atoms with van der Waals surface area (Å²) in [5.74, 6) is 0.567. The number of nitrogens with two attached hydrogens (primary N) is 1. The van der Waals surface area contributed by atoms with Crippen molar-refractivity contribution in [3.8, 4) is 0 Å². The highest BCUT2D eigenvalue weighted by Gasteiger charge is 2.07. The first kappa shape index (κ1) is 13.1. The summed E-state index contributed by atoms with van der Waals surface area (Å²) in [5, 5.41) is 0. The number of thioether (sulfide) groups is 1. The number of carbonyl (C=O) groups excluding carboxylic acids is 1. The van der Waals surface area contributed by atoms with Gasteiger partial charge in [-0.15, -0.1) is 11.8 Å². The summed E-state index contributed by atoms with van der Waals surface area (Å²) in [6, 6.07) is 7.57. The van der Waals surface area contributed by atoms with Gasteiger partial charge in [-0.1, -0.05) is 6.07 Å². The standard InChI is InChI=1S/C12H17NO2S/c1-3-15-12(14)10-5-4-6-11(7-10)16-8-9(2)13/h4-7,9H,3,8,13H2,1-2H3. The fourth-order valence-corrected chi connectivity index (χ4v) is 2.00. The van der Waals surface area contributed by atoms with Gasteiger partial charge in [0.05, 0.1) is 12.2 Å². The second-order valence-electron chi connectivity index (χ2n) is 3.54. The molecule has 0 amide bonds. The van der Waals surface area contributed by atoms with E-state index in [1.807, 2.05) is 25.1 Å². The van der Waals surface area contributed by atoms with Crippen LogP contribution in [-0.2, 0) is 4.74 Å². The van der Waals surface area contributed by atoms with Crippen LogP contribution in [0.4, 0.5) is 0 Å². The molecule has 0 saturated heterocycles. The summed E-state index contributed by atoms with van der Waals surface area (Å²) < 4.78 is 4.94. The van der Waals surface area contributed by atoms with Crippen molar-refractivity contribution < 1.29 is 9.53 Å². The van der Waals surface area contributed by atoms with E-state index in [0.29, 0.717) is 12.2 Å². The predicted molar refractivity (Wildman–Crippen MR) is 66.8 cm³/mol. The predicted octanol–water partition coefficient (Wildman–Crippen LogP) is 2.30. The molecule has 1 aromatic carbocycles. The van der Waals surface area contributed by atoms with E-state index < -0.39 is 0 Å². The van der Waals surface area contributed by atoms with E-state index in [1.165, 1.54) is 0 Å². The minimum atomic E-state index is -0.272. The quantitative estimate of drug-likeness (QED) is 0.633. The average molecular weight is 239 g/mol. The van der Waals surface area contributed by atoms with Crippen molar-refractivity contribution in [2.45, 2.75) is 24.8 Å². The van der Waals surface area contributed by atoms with Crippen molar-refractivity contribution in [2.24, 2.45) is 5.73 Å². The number of benzene rings is 1. The molecule has 0 aliphatic carbocycles. The molecule has 1 atom stereocenters. The van der Waals surface area contributed by atoms with E-state index in [1.54, 1.807) is 24.8 Å². The fourth-order valence-electron chi connectivity index (χ4n) is 1.15. The Kier molecular flexibility index (Phi) is 5.35. The molecule has 0 aliphatic heterocycles. The molecule has 0 bridgehead atoms. The Morgan fingerprint density at radius 3 is 2.94 bits per heavy atom. The minimum Gasteiger partial charge on any atom is -0.462 e. The molecule has 1 unspecified atom stereocenters. The summed E-state index contributed by atoms with van der Waals surface area (Å²) in [6.07, 6.45) is 0. The summed E-state index contributed by atoms with van der Waals surface area (Å²) in [5.41, 5.74) is 6.27. The lowest BCUT2D eigenvalue weighted by Crippen LogP contribution is -2.17. The Hall–Kier alpha value is -1.00. The van der Waals surface area contributed by atoms with Crippen LogP contribution in [0.3, 0.4) is 0 Å². The summed E-state index contributed by atoms with van der Waals surface area (Å²) in [6.45, 7) is 4.16. The molecule has 0 radical (unpaired) electrons. The van der Waals surface area contributed by atoms with Gasteiger partial charge in [-0.3, -0.25) is 0 Å². The monoisotopic (exact) mass is 239 g/mol. The van der Waals surface area contributed by atoms with Gasteiger partial charge in [0.15, 0.2) is 0 Å². The van der Waals surface area contributed by atoms with Crippen LogP contribution in [0.1, 0.15) is 24.2 Å². The van der Waals surface area contributed by atoms with Gasteiger partial charge in [0.2, 0.25) is 0 Å². The summed E-state index contributed by atoms with van der Waals surface area (Å²) in [4.78, 5) is 12.5. The molecule has 0 spiro atoms. The summed E-state index contributed by atoms with van der Waals surface area (Å²) >= 11 is 1.65. The number of carbonyl (C=O) groups is 1. The second-order valence-corrected chi connectivity index (χ2v) is 4.63. The number of hydrogen-bond donors (Lipinski definition) is 1. The first-order valence-corrected chi connectivity index (χ1v) is 6.27. The van der Waals surface area contributed by atoms with E-state index in [0.717, 1.165) is 10.6 Å². The van der Waals surface area contributed by atoms with Crippen molar-refractivity contribution in [1.82, 2.24) is 0 Å². The molecule has 4 heteroatoms. The third-order valence-electron chi connectivity index (χ3n) is 1.86. The Morgan fingerprint density at radius 1 is 1.56 bits per heavy atom. The highest BCUT2D eigenvalue weighted by atomic mass is 32.2. The molecule has 88 valence electrons. The van der Waals surface area contributed by atoms with E-state index in [-0.39, 0.29) is 12.0 Å². The molecule has 2 N–H and O–H groups in total. The van der Waals surface area contributed by atoms with Crippen molar-refractivity contribution >= 4 is 17.7 Å². The van der Waals surface area contributed by atoms with Gasteiger partial charge in [0, 0.05) is 16.7 Å². The molecular formula is C12H17NO2S. The highest BCUT2D eigenvalue weighted by Crippen LogP contribution is 2.20. The average Bonchev–Trinajstić information content (AvgIpc) is 2.27. The Morgan fingerprint density at radius 2 is 2.31 bits per heavy atom. The van der Waals surface area contributed by atoms with E-state index in [9.17, 15) is 4.79 Å². The van der Waals surface area contributed by atoms with Gasteiger partial charge in [-0.2, -0.15) is 0 Å². The van der Waals surface area contributed by atoms with Crippen LogP contribution in [0, 0.1) is 0 Å². The molecule has 0 fully saturated rings. The molecule has 0 saturated carbocycles. The maximum absolute atomic E-state index is 11.5. The largest absolute Gasteiger partial charge is 0.462 e. The zero-order valence-corrected chi connectivity index (χ0v) is 10.4. The van der Waals surface area contributed by atoms with Gasteiger partial charge in [-0.25, -0.2) is 4.79 Å². The van der Waals surface area contributed by atoms with Crippen molar-refractivity contribution in [1.29, 1.82) is 0 Å². The third kappa shape index (κ3) is 4.24. The third-order valence-corrected chi connectivity index (χ3v) is 3.14. The lowest BCUT2D eigenvalue weighted by Gasteiger charge is -2.06. The van der Waals surface area contributed by atoms with Crippen molar-refractivity contribution in [2.75, 3.05) is 12.4 Å². The fraction of sp³-hybridized carbons (Fsp3) is 0.417. The van der Waals surface area contributed by atoms with Crippen LogP contribution >= 0.6 is 11.8 Å². The number of ether oxygens (including phenoxy) is 1. The zero-order chi connectivity index (χ0) is 12.0. The zero-order valence-electron chi connectivity index (χ0n) is 9.60. The topological polar surface area (TPSA) is 52.3 Å². The maximum atomic E-state index is 11.5. The first-order chi connectivity index (χ1) is 7.63. The highest BCUT2D eigenvalue weighted by molar-refractivity contribution is 7.99. The van der Waals surface area contributed by atoms with Crippen LogP contribution in [0.25, 0.3) is 0 Å². The minimum absolute atomic E-state index is 0.149. The molecule has 16 heavy (non-hydrogen) atoms. The normalized spacial score (nSPS) is 12.2. The molecule has 0 aliphatic rings. The van der Waals surface area contributed by atoms with Crippen molar-refractivity contribution in [3.63, 3.8) is 0 Å². The lowest BCUT2D eigenvalue weighted by molar-refractivity contribution is 0.0526. The van der Waals surface area contributed by atoms with Gasteiger partial charge >= 0.3 is 5.97 Å². The SMILES string of the molecule is CCOC(=O)c1cccc(SCC(C)N)c1. The number of rotatable bonds is 5. The molecule has 1 aromatic rings. The van der Waals surface area contributed by atoms with Gasteiger partial charge in [0.1, 0.15) is 0 Å². The summed E-state index contributed by atoms with van der Waals surface area (Å²) in [7, 11) is 0. The molecule has 3 nitrogen and oxygen atoms in total. The maximum Gasteiger partial charge on any atom is 0.338 e. The number of hydrogen-bond acceptors (Lipinski definition) is 4. The van der Waals surface area contributed by atoms with Crippen LogP contribution < -0.4 is 5.73 Å². The van der Waals surface area contributed by atoms with Gasteiger partial charge < -0.3 is 10.5 Å². The Balaban J connectivity index is 2.67. The van der Waals surface area contributed by atoms with Gasteiger partial charge in [0.25, 0.3) is 0 Å². The van der Waals surface area contributed by atoms with Crippen LogP contribution in [-0.4, -0.2) is 24.4 Å². The van der Waals surface area contributed by atoms with Crippen LogP contribution in [0.5, 0.6) is 0 Å². The Bertz CT molecular complexity index is 353. The van der Waals surface area contributed by atoms with E-state index in [2.05, 4.69) is 0 Å². The smallest absolute Gasteiger partial charge is 0.338 e. The second kappa shape index (κ2) is 6.55. The van der Waals surface area contributed by atoms with Gasteiger partial charge in [-0.05, 0) is 32.0 Å². The molecule has 1 rings (SSSR count). The van der Waals surface area contributed by atoms with E-state index >= 15 is 0 Å². The van der Waals surface area contributed by atoms with Crippen molar-refractivity contribution in [3.05, 3.63) is 29.8 Å². The number of esters is 1. The van der Waals surface area contributed by atoms with E-state index in [4.69, 9.17) is 10.5 Å². The van der Waals surface area contributed by atoms with Crippen LogP contribution in [0.2, 0.25) is 0 Å². The first-order valence-electron chi connectivity index (χ1n) is 5.29. The molecule has 0 heterocycles. The molecule has 0 aromatic heterocycles. The molecular weight excluding hydrogens is 222 g/mol. The Labute approximate surface area is 100 Å².